The van der Waals surface area contributed by atoms with E-state index < -0.39 is 0 Å². The molecule has 1 saturated heterocycles. The molecule has 3 nitrogen and oxygen atoms in total. The van der Waals surface area contributed by atoms with Crippen LogP contribution in [0.5, 0.6) is 0 Å². The first-order valence-electron chi connectivity index (χ1n) is 8.46. The molecule has 2 aliphatic rings. The minimum absolute atomic E-state index is 0.272. The summed E-state index contributed by atoms with van der Waals surface area (Å²) in [6, 6.07) is 11.0. The monoisotopic (exact) mass is 290 g/mol. The lowest BCUT2D eigenvalue weighted by Gasteiger charge is -2.38. The van der Waals surface area contributed by atoms with Crippen molar-refractivity contribution in [2.45, 2.75) is 44.6 Å². The molecule has 2 N–H and O–H groups in total. The lowest BCUT2D eigenvalue weighted by atomic mass is 9.76. The number of rotatable bonds is 3. The van der Waals surface area contributed by atoms with Gasteiger partial charge in [0.25, 0.3) is 0 Å². The van der Waals surface area contributed by atoms with E-state index in [-0.39, 0.29) is 5.54 Å². The van der Waals surface area contributed by atoms with Crippen LogP contribution in [-0.4, -0.2) is 32.8 Å². The molecular weight excluding hydrogens is 260 g/mol. The molecule has 1 saturated carbocycles. The van der Waals surface area contributed by atoms with Gasteiger partial charge in [0, 0.05) is 18.6 Å². The molecule has 0 aromatic heterocycles. The van der Waals surface area contributed by atoms with Gasteiger partial charge in [-0.1, -0.05) is 56.5 Å². The minimum atomic E-state index is 0.272. The van der Waals surface area contributed by atoms with Crippen molar-refractivity contribution < 1.29 is 4.74 Å². The number of hydrogen-bond donors (Lipinski definition) is 2. The predicted octanol–water partition coefficient (Wildman–Crippen LogP) is 3.06. The van der Waals surface area contributed by atoms with Crippen molar-refractivity contribution in [2.24, 2.45) is 0 Å². The third-order valence-corrected chi connectivity index (χ3v) is 4.39. The topological polar surface area (TPSA) is 33.3 Å². The SMILES string of the molecule is C1COCCN1.CCNC1(c2ccccc2)CCCCC1. The van der Waals surface area contributed by atoms with E-state index >= 15 is 0 Å². The Labute approximate surface area is 129 Å². The number of hydrogen-bond acceptors (Lipinski definition) is 3. The van der Waals surface area contributed by atoms with Gasteiger partial charge in [0.15, 0.2) is 0 Å². The standard InChI is InChI=1S/C14H21N.C4H9NO/c1-2-15-14(11-7-4-8-12-14)13-9-5-3-6-10-13;1-3-6-4-2-5-1/h3,5-6,9-10,15H,2,4,7-8,11-12H2,1H3;5H,1-4H2. The van der Waals surface area contributed by atoms with Crippen LogP contribution in [-0.2, 0) is 10.3 Å². The second-order valence-electron chi connectivity index (χ2n) is 5.90. The van der Waals surface area contributed by atoms with Crippen molar-refractivity contribution in [3.63, 3.8) is 0 Å². The summed E-state index contributed by atoms with van der Waals surface area (Å²) in [6.45, 7) is 7.11. The molecule has 21 heavy (non-hydrogen) atoms. The highest BCUT2D eigenvalue weighted by molar-refractivity contribution is 5.25. The highest BCUT2D eigenvalue weighted by atomic mass is 16.5. The van der Waals surface area contributed by atoms with Gasteiger partial charge in [-0.15, -0.1) is 0 Å². The molecule has 2 fully saturated rings. The zero-order valence-corrected chi connectivity index (χ0v) is 13.4. The van der Waals surface area contributed by atoms with Crippen molar-refractivity contribution in [1.29, 1.82) is 0 Å². The van der Waals surface area contributed by atoms with E-state index in [1.54, 1.807) is 0 Å². The Balaban J connectivity index is 0.000000225. The highest BCUT2D eigenvalue weighted by Gasteiger charge is 2.32. The molecule has 1 heterocycles. The average molecular weight is 290 g/mol. The summed E-state index contributed by atoms with van der Waals surface area (Å²) >= 11 is 0. The van der Waals surface area contributed by atoms with Crippen LogP contribution in [0.2, 0.25) is 0 Å². The zero-order valence-electron chi connectivity index (χ0n) is 13.4. The molecule has 1 aliphatic heterocycles. The van der Waals surface area contributed by atoms with Gasteiger partial charge >= 0.3 is 0 Å². The van der Waals surface area contributed by atoms with Gasteiger partial charge in [0.2, 0.25) is 0 Å². The number of morpholine rings is 1. The Morgan fingerprint density at radius 3 is 2.19 bits per heavy atom. The van der Waals surface area contributed by atoms with Crippen LogP contribution in [0.1, 0.15) is 44.6 Å². The predicted molar refractivity (Wildman–Crippen MR) is 88.6 cm³/mol. The third kappa shape index (κ3) is 5.10. The molecule has 1 aromatic rings. The summed E-state index contributed by atoms with van der Waals surface area (Å²) in [5.74, 6) is 0. The molecule has 118 valence electrons. The summed E-state index contributed by atoms with van der Waals surface area (Å²) in [6.07, 6.45) is 6.72. The van der Waals surface area contributed by atoms with Crippen molar-refractivity contribution in [3.8, 4) is 0 Å². The van der Waals surface area contributed by atoms with Crippen LogP contribution in [0.4, 0.5) is 0 Å². The smallest absolute Gasteiger partial charge is 0.0591 e. The molecule has 0 spiro atoms. The van der Waals surface area contributed by atoms with E-state index in [0.29, 0.717) is 0 Å². The first-order valence-corrected chi connectivity index (χ1v) is 8.46. The van der Waals surface area contributed by atoms with Gasteiger partial charge in [-0.2, -0.15) is 0 Å². The summed E-state index contributed by atoms with van der Waals surface area (Å²) < 4.78 is 5.01. The van der Waals surface area contributed by atoms with Crippen LogP contribution in [0.3, 0.4) is 0 Å². The Hall–Kier alpha value is -0.900. The normalized spacial score (nSPS) is 21.2. The van der Waals surface area contributed by atoms with E-state index in [9.17, 15) is 0 Å². The van der Waals surface area contributed by atoms with Gasteiger partial charge in [-0.25, -0.2) is 0 Å². The molecule has 0 bridgehead atoms. The average Bonchev–Trinajstić information content (AvgIpc) is 2.59. The van der Waals surface area contributed by atoms with E-state index in [4.69, 9.17) is 4.74 Å². The molecule has 0 radical (unpaired) electrons. The Bertz CT molecular complexity index is 353. The van der Waals surface area contributed by atoms with Gasteiger partial charge in [-0.05, 0) is 24.9 Å². The lowest BCUT2D eigenvalue weighted by Crippen LogP contribution is -2.43. The molecule has 1 aromatic carbocycles. The van der Waals surface area contributed by atoms with Crippen molar-refractivity contribution in [2.75, 3.05) is 32.8 Å². The first kappa shape index (κ1) is 16.5. The second kappa shape index (κ2) is 9.19. The van der Waals surface area contributed by atoms with Crippen molar-refractivity contribution >= 4 is 0 Å². The molecule has 0 unspecified atom stereocenters. The fourth-order valence-corrected chi connectivity index (χ4v) is 3.33. The van der Waals surface area contributed by atoms with Gasteiger partial charge in [0.05, 0.1) is 13.2 Å². The second-order valence-corrected chi connectivity index (χ2v) is 5.90. The fourth-order valence-electron chi connectivity index (χ4n) is 3.33. The van der Waals surface area contributed by atoms with Crippen LogP contribution >= 0.6 is 0 Å². The van der Waals surface area contributed by atoms with E-state index in [2.05, 4.69) is 47.9 Å². The van der Waals surface area contributed by atoms with Gasteiger partial charge < -0.3 is 15.4 Å². The van der Waals surface area contributed by atoms with E-state index in [1.807, 2.05) is 0 Å². The molecule has 3 heteroatoms. The van der Waals surface area contributed by atoms with Crippen molar-refractivity contribution in [3.05, 3.63) is 35.9 Å². The Kier molecular flexibility index (Phi) is 7.20. The van der Waals surface area contributed by atoms with E-state index in [1.165, 1.54) is 37.7 Å². The lowest BCUT2D eigenvalue weighted by molar-refractivity contribution is 0.109. The maximum Gasteiger partial charge on any atom is 0.0591 e. The maximum absolute atomic E-state index is 5.01. The minimum Gasteiger partial charge on any atom is -0.379 e. The quantitative estimate of drug-likeness (QED) is 0.897. The van der Waals surface area contributed by atoms with Crippen LogP contribution in [0.15, 0.2) is 30.3 Å². The Morgan fingerprint density at radius 1 is 1.05 bits per heavy atom. The molecule has 0 amide bonds. The number of benzene rings is 1. The molecule has 0 atom stereocenters. The zero-order chi connectivity index (χ0) is 14.8. The number of ether oxygens (including phenoxy) is 1. The van der Waals surface area contributed by atoms with Crippen LogP contribution in [0.25, 0.3) is 0 Å². The van der Waals surface area contributed by atoms with Gasteiger partial charge in [0.1, 0.15) is 0 Å². The Morgan fingerprint density at radius 2 is 1.71 bits per heavy atom. The van der Waals surface area contributed by atoms with Gasteiger partial charge in [-0.3, -0.25) is 0 Å². The molecule has 1 aliphatic carbocycles. The van der Waals surface area contributed by atoms with E-state index in [0.717, 1.165) is 32.8 Å². The highest BCUT2D eigenvalue weighted by Crippen LogP contribution is 2.36. The molecule has 3 rings (SSSR count). The van der Waals surface area contributed by atoms with Crippen LogP contribution < -0.4 is 10.6 Å². The summed E-state index contributed by atoms with van der Waals surface area (Å²) in [4.78, 5) is 0. The van der Waals surface area contributed by atoms with Crippen molar-refractivity contribution in [1.82, 2.24) is 10.6 Å². The third-order valence-electron chi connectivity index (χ3n) is 4.39. The summed E-state index contributed by atoms with van der Waals surface area (Å²) in [7, 11) is 0. The van der Waals surface area contributed by atoms with Crippen LogP contribution in [0, 0.1) is 0 Å². The maximum atomic E-state index is 5.01. The number of nitrogens with one attached hydrogen (secondary N) is 2. The first-order chi connectivity index (χ1) is 10.4. The summed E-state index contributed by atoms with van der Waals surface area (Å²) in [5.41, 5.74) is 1.75. The fraction of sp³-hybridized carbons (Fsp3) is 0.667. The molecular formula is C18H30N2O. The summed E-state index contributed by atoms with van der Waals surface area (Å²) in [5, 5.41) is 6.87. The largest absolute Gasteiger partial charge is 0.379 e.